The molecule has 1 unspecified atom stereocenters. The van der Waals surface area contributed by atoms with Crippen LogP contribution in [0.25, 0.3) is 0 Å². The zero-order valence-electron chi connectivity index (χ0n) is 14.2. The van der Waals surface area contributed by atoms with Crippen LogP contribution in [-0.4, -0.2) is 46.0 Å². The standard InChI is InChI=1S/C18H27NO4/c1-14(17(2,3)22)19-12-11-18(10-7-13-20,23-16(19)21)15-8-5-4-6-9-15/h4-6,8-9,14,20,22H,7,10-13H2,1-3H3/t14-,18?/m0/s1. The van der Waals surface area contributed by atoms with Crippen LogP contribution < -0.4 is 0 Å². The summed E-state index contributed by atoms with van der Waals surface area (Å²) in [6, 6.07) is 9.36. The molecular weight excluding hydrogens is 294 g/mol. The maximum absolute atomic E-state index is 12.6. The summed E-state index contributed by atoms with van der Waals surface area (Å²) in [5, 5.41) is 19.3. The molecule has 0 saturated carbocycles. The van der Waals surface area contributed by atoms with Crippen LogP contribution in [0.1, 0.15) is 45.6 Å². The van der Waals surface area contributed by atoms with Gasteiger partial charge in [-0.1, -0.05) is 30.3 Å². The topological polar surface area (TPSA) is 70.0 Å². The first-order chi connectivity index (χ1) is 10.8. The molecule has 5 heteroatoms. The van der Waals surface area contributed by atoms with Gasteiger partial charge in [-0.2, -0.15) is 0 Å². The summed E-state index contributed by atoms with van der Waals surface area (Å²) in [7, 11) is 0. The molecule has 1 aliphatic rings. The number of carbonyl (C=O) groups excluding carboxylic acids is 1. The fourth-order valence-electron chi connectivity index (χ4n) is 3.03. The fourth-order valence-corrected chi connectivity index (χ4v) is 3.03. The van der Waals surface area contributed by atoms with E-state index in [4.69, 9.17) is 4.74 Å². The van der Waals surface area contributed by atoms with Gasteiger partial charge in [-0.3, -0.25) is 0 Å². The van der Waals surface area contributed by atoms with Gasteiger partial charge in [-0.25, -0.2) is 4.79 Å². The van der Waals surface area contributed by atoms with Gasteiger partial charge in [0.1, 0.15) is 5.60 Å². The highest BCUT2D eigenvalue weighted by Gasteiger charge is 2.44. The Hall–Kier alpha value is -1.59. The zero-order valence-corrected chi connectivity index (χ0v) is 14.2. The van der Waals surface area contributed by atoms with Crippen molar-refractivity contribution >= 4 is 6.09 Å². The van der Waals surface area contributed by atoms with Gasteiger partial charge in [0.25, 0.3) is 0 Å². The largest absolute Gasteiger partial charge is 0.438 e. The second-order valence-corrected chi connectivity index (χ2v) is 6.83. The van der Waals surface area contributed by atoms with Crippen molar-refractivity contribution in [3.8, 4) is 0 Å². The van der Waals surface area contributed by atoms with Crippen molar-refractivity contribution in [1.29, 1.82) is 0 Å². The van der Waals surface area contributed by atoms with Crippen LogP contribution in [0.3, 0.4) is 0 Å². The first-order valence-electron chi connectivity index (χ1n) is 8.18. The van der Waals surface area contributed by atoms with Crippen molar-refractivity contribution in [2.24, 2.45) is 0 Å². The molecule has 1 aromatic rings. The summed E-state index contributed by atoms with van der Waals surface area (Å²) in [4.78, 5) is 14.1. The van der Waals surface area contributed by atoms with E-state index in [0.717, 1.165) is 5.56 Å². The van der Waals surface area contributed by atoms with Crippen LogP contribution in [-0.2, 0) is 10.3 Å². The first kappa shape index (κ1) is 17.8. The van der Waals surface area contributed by atoms with Gasteiger partial charge in [0, 0.05) is 19.6 Å². The van der Waals surface area contributed by atoms with E-state index < -0.39 is 17.3 Å². The number of aliphatic hydroxyl groups excluding tert-OH is 1. The lowest BCUT2D eigenvalue weighted by atomic mass is 9.84. The summed E-state index contributed by atoms with van der Waals surface area (Å²) in [6.07, 6.45) is 1.39. The number of carbonyl (C=O) groups is 1. The van der Waals surface area contributed by atoms with Crippen molar-refractivity contribution in [3.05, 3.63) is 35.9 Å². The van der Waals surface area contributed by atoms with E-state index in [-0.39, 0.29) is 12.6 Å². The van der Waals surface area contributed by atoms with Crippen LogP contribution in [0, 0.1) is 0 Å². The number of benzene rings is 1. The lowest BCUT2D eigenvalue weighted by molar-refractivity contribution is -0.0907. The Kier molecular flexibility index (Phi) is 5.32. The summed E-state index contributed by atoms with van der Waals surface area (Å²) < 4.78 is 5.86. The fraction of sp³-hybridized carbons (Fsp3) is 0.611. The molecule has 1 saturated heterocycles. The van der Waals surface area contributed by atoms with E-state index in [0.29, 0.717) is 25.8 Å². The Morgan fingerprint density at radius 3 is 2.52 bits per heavy atom. The second-order valence-electron chi connectivity index (χ2n) is 6.83. The van der Waals surface area contributed by atoms with Crippen LogP contribution in [0.2, 0.25) is 0 Å². The molecule has 1 heterocycles. The summed E-state index contributed by atoms with van der Waals surface area (Å²) in [5.74, 6) is 0. The number of cyclic esters (lactones) is 1. The Bertz CT molecular complexity index is 526. The summed E-state index contributed by atoms with van der Waals surface area (Å²) in [5.41, 5.74) is -0.731. The molecule has 0 aromatic heterocycles. The molecule has 2 rings (SSSR count). The van der Waals surface area contributed by atoms with Gasteiger partial charge in [0.05, 0.1) is 11.6 Å². The highest BCUT2D eigenvalue weighted by Crippen LogP contribution is 2.39. The maximum Gasteiger partial charge on any atom is 0.411 e. The molecule has 1 amide bonds. The average Bonchev–Trinajstić information content (AvgIpc) is 2.52. The van der Waals surface area contributed by atoms with Gasteiger partial charge >= 0.3 is 6.09 Å². The number of hydrogen-bond donors (Lipinski definition) is 2. The molecule has 0 bridgehead atoms. The van der Waals surface area contributed by atoms with Crippen LogP contribution >= 0.6 is 0 Å². The monoisotopic (exact) mass is 321 g/mol. The number of amides is 1. The Morgan fingerprint density at radius 2 is 2.00 bits per heavy atom. The minimum absolute atomic E-state index is 0.0654. The van der Waals surface area contributed by atoms with E-state index in [1.54, 1.807) is 18.7 Å². The number of aliphatic hydroxyl groups is 2. The van der Waals surface area contributed by atoms with E-state index >= 15 is 0 Å². The third kappa shape index (κ3) is 3.85. The lowest BCUT2D eigenvalue weighted by Crippen LogP contribution is -2.56. The Labute approximate surface area is 137 Å². The van der Waals surface area contributed by atoms with Crippen molar-refractivity contribution in [2.75, 3.05) is 13.2 Å². The van der Waals surface area contributed by atoms with Crippen molar-refractivity contribution in [1.82, 2.24) is 4.90 Å². The number of ether oxygens (including phenoxy) is 1. The molecule has 0 radical (unpaired) electrons. The molecule has 0 spiro atoms. The highest BCUT2D eigenvalue weighted by atomic mass is 16.6. The van der Waals surface area contributed by atoms with Crippen LogP contribution in [0.5, 0.6) is 0 Å². The third-order valence-electron chi connectivity index (χ3n) is 4.80. The normalized spacial score (nSPS) is 23.5. The van der Waals surface area contributed by atoms with Crippen molar-refractivity contribution in [3.63, 3.8) is 0 Å². The van der Waals surface area contributed by atoms with Gasteiger partial charge in [-0.05, 0) is 39.2 Å². The minimum Gasteiger partial charge on any atom is -0.438 e. The van der Waals surface area contributed by atoms with E-state index in [1.807, 2.05) is 37.3 Å². The van der Waals surface area contributed by atoms with Crippen molar-refractivity contribution in [2.45, 2.75) is 57.3 Å². The predicted octanol–water partition coefficient (Wildman–Crippen LogP) is 2.66. The Balaban J connectivity index is 2.23. The predicted molar refractivity (Wildman–Crippen MR) is 88.0 cm³/mol. The smallest absolute Gasteiger partial charge is 0.411 e. The quantitative estimate of drug-likeness (QED) is 0.845. The molecule has 1 aromatic carbocycles. The highest BCUT2D eigenvalue weighted by molar-refractivity contribution is 5.70. The SMILES string of the molecule is C[C@H](N1CCC(CCCO)(c2ccccc2)OC1=O)C(C)(C)O. The molecule has 1 aliphatic heterocycles. The molecule has 2 N–H and O–H groups in total. The summed E-state index contributed by atoms with van der Waals surface area (Å²) in [6.45, 7) is 5.79. The van der Waals surface area contributed by atoms with Crippen LogP contribution in [0.15, 0.2) is 30.3 Å². The van der Waals surface area contributed by atoms with Gasteiger partial charge in [0.15, 0.2) is 0 Å². The first-order valence-corrected chi connectivity index (χ1v) is 8.18. The van der Waals surface area contributed by atoms with E-state index in [9.17, 15) is 15.0 Å². The minimum atomic E-state index is -0.989. The molecule has 0 aliphatic carbocycles. The number of nitrogens with zero attached hydrogens (tertiary/aromatic N) is 1. The molecule has 1 fully saturated rings. The molecular formula is C18H27NO4. The second kappa shape index (κ2) is 6.89. The molecule has 5 nitrogen and oxygen atoms in total. The Morgan fingerprint density at radius 1 is 1.35 bits per heavy atom. The summed E-state index contributed by atoms with van der Waals surface area (Å²) >= 11 is 0. The maximum atomic E-state index is 12.6. The zero-order chi connectivity index (χ0) is 17.1. The van der Waals surface area contributed by atoms with Gasteiger partial charge in [0.2, 0.25) is 0 Å². The lowest BCUT2D eigenvalue weighted by Gasteiger charge is -2.45. The van der Waals surface area contributed by atoms with Gasteiger partial charge < -0.3 is 19.8 Å². The van der Waals surface area contributed by atoms with E-state index in [2.05, 4.69) is 0 Å². The van der Waals surface area contributed by atoms with Crippen molar-refractivity contribution < 1.29 is 19.7 Å². The van der Waals surface area contributed by atoms with Crippen LogP contribution in [0.4, 0.5) is 4.79 Å². The molecule has 128 valence electrons. The van der Waals surface area contributed by atoms with E-state index in [1.165, 1.54) is 0 Å². The average molecular weight is 321 g/mol. The third-order valence-corrected chi connectivity index (χ3v) is 4.80. The number of rotatable bonds is 6. The molecule has 2 atom stereocenters. The number of hydrogen-bond acceptors (Lipinski definition) is 4. The van der Waals surface area contributed by atoms with Gasteiger partial charge in [-0.15, -0.1) is 0 Å². The molecule has 23 heavy (non-hydrogen) atoms.